The lowest BCUT2D eigenvalue weighted by molar-refractivity contribution is 0.0539. The first-order valence-corrected chi connectivity index (χ1v) is 9.74. The minimum Gasteiger partial charge on any atom is -0.387 e. The van der Waals surface area contributed by atoms with Crippen LogP contribution in [0.15, 0.2) is 36.8 Å². The summed E-state index contributed by atoms with van der Waals surface area (Å²) in [7, 11) is 0. The molecular formula is C20H27N5O2. The van der Waals surface area contributed by atoms with Gasteiger partial charge in [0.15, 0.2) is 0 Å². The molecule has 2 aliphatic rings. The zero-order chi connectivity index (χ0) is 18.5. The molecule has 0 spiro atoms. The highest BCUT2D eigenvalue weighted by atomic mass is 16.5. The van der Waals surface area contributed by atoms with Crippen molar-refractivity contribution < 1.29 is 9.84 Å². The average molecular weight is 369 g/mol. The Morgan fingerprint density at radius 1 is 1.04 bits per heavy atom. The first kappa shape index (κ1) is 18.3. The van der Waals surface area contributed by atoms with Crippen molar-refractivity contribution in [3.8, 4) is 0 Å². The smallest absolute Gasteiger partial charge is 0.225 e. The maximum absolute atomic E-state index is 10.6. The average Bonchev–Trinajstić information content (AvgIpc) is 2.76. The van der Waals surface area contributed by atoms with Gasteiger partial charge in [0, 0.05) is 43.8 Å². The first-order chi connectivity index (χ1) is 13.3. The maximum atomic E-state index is 10.6. The molecule has 2 aliphatic heterocycles. The Morgan fingerprint density at radius 2 is 1.78 bits per heavy atom. The van der Waals surface area contributed by atoms with Gasteiger partial charge in [-0.1, -0.05) is 6.07 Å². The number of pyridine rings is 1. The third-order valence-electron chi connectivity index (χ3n) is 5.46. The van der Waals surface area contributed by atoms with Gasteiger partial charge in [0.1, 0.15) is 0 Å². The van der Waals surface area contributed by atoms with Crippen LogP contribution >= 0.6 is 0 Å². The van der Waals surface area contributed by atoms with Crippen molar-refractivity contribution in [2.75, 3.05) is 44.3 Å². The number of likely N-dealkylation sites (tertiary alicyclic amines) is 1. The topological polar surface area (TPSA) is 74.6 Å². The second-order valence-electron chi connectivity index (χ2n) is 7.30. The SMILES string of the molecule is O[C@@H](c1ccccn1)C1CCN(Cc2cnc(N3CCOCC3)nc2)CC1. The summed E-state index contributed by atoms with van der Waals surface area (Å²) in [5, 5.41) is 10.6. The van der Waals surface area contributed by atoms with E-state index in [2.05, 4.69) is 24.8 Å². The van der Waals surface area contributed by atoms with E-state index in [4.69, 9.17) is 4.74 Å². The third-order valence-corrected chi connectivity index (χ3v) is 5.46. The second kappa shape index (κ2) is 8.73. The number of piperidine rings is 1. The zero-order valence-corrected chi connectivity index (χ0v) is 15.6. The van der Waals surface area contributed by atoms with Gasteiger partial charge in [-0.2, -0.15) is 0 Å². The van der Waals surface area contributed by atoms with Crippen molar-refractivity contribution in [1.82, 2.24) is 19.9 Å². The van der Waals surface area contributed by atoms with E-state index in [-0.39, 0.29) is 5.92 Å². The van der Waals surface area contributed by atoms with Crippen LogP contribution in [0, 0.1) is 5.92 Å². The van der Waals surface area contributed by atoms with Gasteiger partial charge in [0.2, 0.25) is 5.95 Å². The Kier molecular flexibility index (Phi) is 5.91. The lowest BCUT2D eigenvalue weighted by atomic mass is 9.89. The number of anilines is 1. The molecule has 1 atom stereocenters. The molecule has 4 heterocycles. The van der Waals surface area contributed by atoms with Gasteiger partial charge in [-0.25, -0.2) is 9.97 Å². The number of nitrogens with zero attached hydrogens (tertiary/aromatic N) is 5. The van der Waals surface area contributed by atoms with E-state index in [0.29, 0.717) is 0 Å². The molecule has 2 aromatic heterocycles. The predicted octanol–water partition coefficient (Wildman–Crippen LogP) is 1.65. The van der Waals surface area contributed by atoms with Gasteiger partial charge in [-0.05, 0) is 44.0 Å². The van der Waals surface area contributed by atoms with Gasteiger partial charge in [-0.15, -0.1) is 0 Å². The molecule has 7 heteroatoms. The van der Waals surface area contributed by atoms with Crippen molar-refractivity contribution in [3.63, 3.8) is 0 Å². The standard InChI is InChI=1S/C20H27N5O2/c26-19(18-3-1-2-6-21-18)17-4-7-24(8-5-17)15-16-13-22-20(23-14-16)25-9-11-27-12-10-25/h1-3,6,13-14,17,19,26H,4-5,7-12,15H2/t19-/m1/s1. The number of rotatable bonds is 5. The van der Waals surface area contributed by atoms with Crippen LogP contribution in [0.5, 0.6) is 0 Å². The fraction of sp³-hybridized carbons (Fsp3) is 0.550. The number of aromatic nitrogens is 3. The fourth-order valence-electron chi connectivity index (χ4n) is 3.83. The third kappa shape index (κ3) is 4.61. The normalized spacial score (nSPS) is 20.6. The van der Waals surface area contributed by atoms with Gasteiger partial charge < -0.3 is 14.7 Å². The summed E-state index contributed by atoms with van der Waals surface area (Å²) in [6, 6.07) is 5.72. The minimum absolute atomic E-state index is 0.274. The molecule has 144 valence electrons. The quantitative estimate of drug-likeness (QED) is 0.859. The summed E-state index contributed by atoms with van der Waals surface area (Å²) in [5.74, 6) is 1.07. The van der Waals surface area contributed by atoms with Gasteiger partial charge in [0.05, 0.1) is 25.0 Å². The maximum Gasteiger partial charge on any atom is 0.225 e. The molecule has 2 aromatic rings. The molecule has 2 fully saturated rings. The number of hydrogen-bond donors (Lipinski definition) is 1. The number of hydrogen-bond acceptors (Lipinski definition) is 7. The molecule has 27 heavy (non-hydrogen) atoms. The van der Waals surface area contributed by atoms with Crippen LogP contribution in [0.1, 0.15) is 30.2 Å². The van der Waals surface area contributed by atoms with E-state index in [1.165, 1.54) is 0 Å². The minimum atomic E-state index is -0.468. The first-order valence-electron chi connectivity index (χ1n) is 9.74. The van der Waals surface area contributed by atoms with E-state index in [1.54, 1.807) is 6.20 Å². The number of aliphatic hydroxyl groups is 1. The van der Waals surface area contributed by atoms with Crippen molar-refractivity contribution >= 4 is 5.95 Å². The molecule has 0 amide bonds. The molecule has 7 nitrogen and oxygen atoms in total. The molecule has 0 saturated carbocycles. The van der Waals surface area contributed by atoms with Crippen LogP contribution in [0.4, 0.5) is 5.95 Å². The van der Waals surface area contributed by atoms with E-state index in [1.807, 2.05) is 30.6 Å². The predicted molar refractivity (Wildman–Crippen MR) is 102 cm³/mol. The molecular weight excluding hydrogens is 342 g/mol. The van der Waals surface area contributed by atoms with Crippen LogP contribution in [0.3, 0.4) is 0 Å². The van der Waals surface area contributed by atoms with E-state index in [9.17, 15) is 5.11 Å². The van der Waals surface area contributed by atoms with Crippen molar-refractivity contribution in [2.45, 2.75) is 25.5 Å². The largest absolute Gasteiger partial charge is 0.387 e. The van der Waals surface area contributed by atoms with Crippen molar-refractivity contribution in [3.05, 3.63) is 48.0 Å². The highest BCUT2D eigenvalue weighted by molar-refractivity contribution is 5.30. The van der Waals surface area contributed by atoms with Crippen molar-refractivity contribution in [1.29, 1.82) is 0 Å². The molecule has 0 unspecified atom stereocenters. The summed E-state index contributed by atoms with van der Waals surface area (Å²) in [6.07, 6.45) is 7.10. The van der Waals surface area contributed by atoms with Gasteiger partial charge >= 0.3 is 0 Å². The monoisotopic (exact) mass is 369 g/mol. The fourth-order valence-corrected chi connectivity index (χ4v) is 3.83. The highest BCUT2D eigenvalue weighted by Crippen LogP contribution is 2.30. The summed E-state index contributed by atoms with van der Waals surface area (Å²) < 4.78 is 5.37. The number of ether oxygens (including phenoxy) is 1. The van der Waals surface area contributed by atoms with Gasteiger partial charge in [-0.3, -0.25) is 9.88 Å². The van der Waals surface area contributed by atoms with Crippen LogP contribution in [-0.2, 0) is 11.3 Å². The number of aliphatic hydroxyl groups excluding tert-OH is 1. The molecule has 4 rings (SSSR count). The van der Waals surface area contributed by atoms with E-state index >= 15 is 0 Å². The molecule has 0 aliphatic carbocycles. The van der Waals surface area contributed by atoms with Gasteiger partial charge in [0.25, 0.3) is 0 Å². The summed E-state index contributed by atoms with van der Waals surface area (Å²) in [6.45, 7) is 5.99. The highest BCUT2D eigenvalue weighted by Gasteiger charge is 2.27. The van der Waals surface area contributed by atoms with Crippen LogP contribution in [-0.4, -0.2) is 64.4 Å². The molecule has 0 aromatic carbocycles. The van der Waals surface area contributed by atoms with E-state index in [0.717, 1.165) is 76.0 Å². The molecule has 2 saturated heterocycles. The van der Waals surface area contributed by atoms with Crippen LogP contribution in [0.25, 0.3) is 0 Å². The zero-order valence-electron chi connectivity index (χ0n) is 15.6. The van der Waals surface area contributed by atoms with E-state index < -0.39 is 6.10 Å². The Labute approximate surface area is 160 Å². The summed E-state index contributed by atoms with van der Waals surface area (Å²) in [4.78, 5) is 17.9. The van der Waals surface area contributed by atoms with Crippen molar-refractivity contribution in [2.24, 2.45) is 5.92 Å². The summed E-state index contributed by atoms with van der Waals surface area (Å²) in [5.41, 5.74) is 1.92. The Balaban J connectivity index is 1.27. The molecule has 0 bridgehead atoms. The van der Waals surface area contributed by atoms with Crippen LogP contribution < -0.4 is 4.90 Å². The lowest BCUT2D eigenvalue weighted by Gasteiger charge is -2.34. The lowest BCUT2D eigenvalue weighted by Crippen LogP contribution is -2.37. The molecule has 0 radical (unpaired) electrons. The Bertz CT molecular complexity index is 698. The Hall–Kier alpha value is -2.09. The second-order valence-corrected chi connectivity index (χ2v) is 7.30. The molecule has 1 N–H and O–H groups in total. The number of morpholine rings is 1. The van der Waals surface area contributed by atoms with Crippen LogP contribution in [0.2, 0.25) is 0 Å². The Morgan fingerprint density at radius 3 is 2.44 bits per heavy atom. The summed E-state index contributed by atoms with van der Waals surface area (Å²) >= 11 is 0.